The molecule has 0 aliphatic rings. The van der Waals surface area contributed by atoms with E-state index in [4.69, 9.17) is 21.1 Å². The van der Waals surface area contributed by atoms with Crippen LogP contribution in [0, 0.1) is 6.92 Å². The number of carbonyl (C=O) groups is 3. The van der Waals surface area contributed by atoms with Crippen LogP contribution in [0.2, 0.25) is 5.02 Å². The summed E-state index contributed by atoms with van der Waals surface area (Å²) < 4.78 is 10.4. The van der Waals surface area contributed by atoms with Gasteiger partial charge in [0.1, 0.15) is 5.75 Å². The molecule has 2 aromatic carbocycles. The van der Waals surface area contributed by atoms with Gasteiger partial charge in [-0.15, -0.1) is 0 Å². The van der Waals surface area contributed by atoms with Gasteiger partial charge in [-0.05, 0) is 50.2 Å². The zero-order valence-corrected chi connectivity index (χ0v) is 17.2. The molecular weight excluding hydrogens is 396 g/mol. The molecule has 2 amide bonds. The maximum Gasteiger partial charge on any atom is 0.347 e. The molecule has 2 aromatic rings. The van der Waals surface area contributed by atoms with Crippen molar-refractivity contribution in [1.82, 2.24) is 4.90 Å². The molecule has 0 bridgehead atoms. The predicted molar refractivity (Wildman–Crippen MR) is 110 cm³/mol. The quantitative estimate of drug-likeness (QED) is 0.666. The van der Waals surface area contributed by atoms with E-state index in [0.717, 1.165) is 5.56 Å². The fourth-order valence-corrected chi connectivity index (χ4v) is 2.39. The highest BCUT2D eigenvalue weighted by Crippen LogP contribution is 2.17. The molecule has 0 spiro atoms. The highest BCUT2D eigenvalue weighted by Gasteiger charge is 2.20. The van der Waals surface area contributed by atoms with Gasteiger partial charge >= 0.3 is 5.97 Å². The van der Waals surface area contributed by atoms with Crippen molar-refractivity contribution in [3.63, 3.8) is 0 Å². The minimum atomic E-state index is -0.904. The molecular formula is C21H23ClN2O5. The summed E-state index contributed by atoms with van der Waals surface area (Å²) in [4.78, 5) is 37.3. The number of nitrogens with zero attached hydrogens (tertiary/aromatic N) is 1. The number of benzene rings is 2. The summed E-state index contributed by atoms with van der Waals surface area (Å²) in [6.45, 7) is 2.81. The van der Waals surface area contributed by atoms with Crippen molar-refractivity contribution in [3.05, 3.63) is 59.1 Å². The predicted octanol–water partition coefficient (Wildman–Crippen LogP) is 3.06. The van der Waals surface area contributed by atoms with Gasteiger partial charge in [-0.1, -0.05) is 29.3 Å². The van der Waals surface area contributed by atoms with Crippen molar-refractivity contribution in [2.24, 2.45) is 0 Å². The summed E-state index contributed by atoms with van der Waals surface area (Å²) in [5.41, 5.74) is 1.72. The van der Waals surface area contributed by atoms with Crippen LogP contribution >= 0.6 is 11.6 Å². The Morgan fingerprint density at radius 2 is 1.69 bits per heavy atom. The van der Waals surface area contributed by atoms with E-state index in [9.17, 15) is 14.4 Å². The first kappa shape index (κ1) is 22.2. The molecule has 0 unspecified atom stereocenters. The summed E-state index contributed by atoms with van der Waals surface area (Å²) in [5.74, 6) is -1.09. The number of amides is 2. The third kappa shape index (κ3) is 7.46. The number of likely N-dealkylation sites (N-methyl/N-ethyl adjacent to an activating group) is 1. The maximum atomic E-state index is 12.1. The molecule has 29 heavy (non-hydrogen) atoms. The van der Waals surface area contributed by atoms with Crippen LogP contribution in [0.1, 0.15) is 12.5 Å². The Hall–Kier alpha value is -3.06. The first-order chi connectivity index (χ1) is 13.7. The first-order valence-corrected chi connectivity index (χ1v) is 9.31. The van der Waals surface area contributed by atoms with Crippen LogP contribution in [0.15, 0.2) is 48.5 Å². The van der Waals surface area contributed by atoms with Crippen LogP contribution in [0.4, 0.5) is 5.69 Å². The summed E-state index contributed by atoms with van der Waals surface area (Å²) >= 11 is 5.79. The van der Waals surface area contributed by atoms with Gasteiger partial charge in [0.05, 0.1) is 6.54 Å². The molecule has 0 radical (unpaired) electrons. The van der Waals surface area contributed by atoms with E-state index in [1.807, 2.05) is 19.1 Å². The summed E-state index contributed by atoms with van der Waals surface area (Å²) in [6, 6.07) is 13.8. The van der Waals surface area contributed by atoms with Crippen LogP contribution in [0.5, 0.6) is 5.75 Å². The molecule has 7 nitrogen and oxygen atoms in total. The van der Waals surface area contributed by atoms with Crippen molar-refractivity contribution >= 4 is 35.1 Å². The molecule has 154 valence electrons. The van der Waals surface area contributed by atoms with E-state index >= 15 is 0 Å². The van der Waals surface area contributed by atoms with Gasteiger partial charge < -0.3 is 19.7 Å². The van der Waals surface area contributed by atoms with E-state index in [1.54, 1.807) is 36.4 Å². The van der Waals surface area contributed by atoms with E-state index in [-0.39, 0.29) is 12.5 Å². The molecule has 0 aromatic heterocycles. The number of hydrogen-bond donors (Lipinski definition) is 1. The van der Waals surface area contributed by atoms with E-state index in [2.05, 4.69) is 5.32 Å². The number of rotatable bonds is 8. The maximum absolute atomic E-state index is 12.1. The monoisotopic (exact) mass is 418 g/mol. The van der Waals surface area contributed by atoms with Gasteiger partial charge in [0.2, 0.25) is 5.91 Å². The summed E-state index contributed by atoms with van der Waals surface area (Å²) in [6.07, 6.45) is -0.904. The van der Waals surface area contributed by atoms with Crippen molar-refractivity contribution in [1.29, 1.82) is 0 Å². The number of ether oxygens (including phenoxy) is 2. The average molecular weight is 419 g/mol. The summed E-state index contributed by atoms with van der Waals surface area (Å²) in [5, 5.41) is 3.25. The van der Waals surface area contributed by atoms with E-state index in [0.29, 0.717) is 16.5 Å². The third-order valence-electron chi connectivity index (χ3n) is 3.94. The fraction of sp³-hybridized carbons (Fsp3) is 0.286. The lowest BCUT2D eigenvalue weighted by atomic mass is 10.2. The van der Waals surface area contributed by atoms with Crippen molar-refractivity contribution in [2.45, 2.75) is 20.0 Å². The zero-order chi connectivity index (χ0) is 21.4. The number of carbonyl (C=O) groups excluding carboxylic acids is 3. The Labute approximate surface area is 174 Å². The van der Waals surface area contributed by atoms with Gasteiger partial charge in [0.25, 0.3) is 5.91 Å². The Morgan fingerprint density at radius 3 is 2.31 bits per heavy atom. The standard InChI is InChI=1S/C21H23ClN2O5/c1-14-4-8-17(9-5-14)23-19(25)12-24(3)20(26)13-28-21(27)15(2)29-18-10-6-16(22)7-11-18/h4-11,15H,12-13H2,1-3H3,(H,23,25)/t15-/m0/s1. The SMILES string of the molecule is Cc1ccc(NC(=O)CN(C)C(=O)COC(=O)[C@H](C)Oc2ccc(Cl)cc2)cc1. The Morgan fingerprint density at radius 1 is 1.07 bits per heavy atom. The molecule has 1 N–H and O–H groups in total. The molecule has 2 rings (SSSR count). The lowest BCUT2D eigenvalue weighted by molar-refractivity contribution is -0.157. The normalized spacial score (nSPS) is 11.3. The fourth-order valence-electron chi connectivity index (χ4n) is 2.27. The number of hydrogen-bond acceptors (Lipinski definition) is 5. The lowest BCUT2D eigenvalue weighted by Crippen LogP contribution is -2.38. The van der Waals surface area contributed by atoms with E-state index in [1.165, 1.54) is 18.9 Å². The number of aryl methyl sites for hydroxylation is 1. The van der Waals surface area contributed by atoms with E-state index < -0.39 is 24.6 Å². The second-order valence-electron chi connectivity index (χ2n) is 6.49. The minimum absolute atomic E-state index is 0.166. The van der Waals surface area contributed by atoms with Crippen LogP contribution in [-0.4, -0.2) is 49.0 Å². The van der Waals surface area contributed by atoms with Crippen LogP contribution in [-0.2, 0) is 19.1 Å². The van der Waals surface area contributed by atoms with Crippen molar-refractivity contribution in [2.75, 3.05) is 25.5 Å². The van der Waals surface area contributed by atoms with Crippen molar-refractivity contribution in [3.8, 4) is 5.75 Å². The minimum Gasteiger partial charge on any atom is -0.479 e. The lowest BCUT2D eigenvalue weighted by Gasteiger charge is -2.18. The number of nitrogens with one attached hydrogen (secondary N) is 1. The van der Waals surface area contributed by atoms with Crippen LogP contribution in [0.3, 0.4) is 0 Å². The number of esters is 1. The average Bonchev–Trinajstić information content (AvgIpc) is 2.69. The summed E-state index contributed by atoms with van der Waals surface area (Å²) in [7, 11) is 1.46. The molecule has 0 aliphatic heterocycles. The van der Waals surface area contributed by atoms with Gasteiger partial charge in [0.15, 0.2) is 12.7 Å². The number of halogens is 1. The second kappa shape index (κ2) is 10.5. The van der Waals surface area contributed by atoms with Gasteiger partial charge in [-0.25, -0.2) is 4.79 Å². The largest absolute Gasteiger partial charge is 0.479 e. The molecule has 0 saturated heterocycles. The Kier molecular flexibility index (Phi) is 8.03. The smallest absolute Gasteiger partial charge is 0.347 e. The highest BCUT2D eigenvalue weighted by atomic mass is 35.5. The van der Waals surface area contributed by atoms with Gasteiger partial charge in [-0.3, -0.25) is 9.59 Å². The van der Waals surface area contributed by atoms with Gasteiger partial charge in [-0.2, -0.15) is 0 Å². The van der Waals surface area contributed by atoms with Crippen LogP contribution < -0.4 is 10.1 Å². The highest BCUT2D eigenvalue weighted by molar-refractivity contribution is 6.30. The molecule has 1 atom stereocenters. The number of anilines is 1. The molecule has 8 heteroatoms. The Bertz CT molecular complexity index is 852. The molecule has 0 saturated carbocycles. The molecule has 0 fully saturated rings. The topological polar surface area (TPSA) is 84.9 Å². The zero-order valence-electron chi connectivity index (χ0n) is 16.5. The Balaban J connectivity index is 1.75. The van der Waals surface area contributed by atoms with Crippen LogP contribution in [0.25, 0.3) is 0 Å². The van der Waals surface area contributed by atoms with Crippen molar-refractivity contribution < 1.29 is 23.9 Å². The molecule has 0 heterocycles. The first-order valence-electron chi connectivity index (χ1n) is 8.94. The third-order valence-corrected chi connectivity index (χ3v) is 4.19. The second-order valence-corrected chi connectivity index (χ2v) is 6.92. The molecule has 0 aliphatic carbocycles. The van der Waals surface area contributed by atoms with Gasteiger partial charge in [0, 0.05) is 17.8 Å².